The first-order valence-electron chi connectivity index (χ1n) is 9.32. The summed E-state index contributed by atoms with van der Waals surface area (Å²) in [7, 11) is 0. The Morgan fingerprint density at radius 2 is 1.71 bits per heavy atom. The minimum Gasteiger partial charge on any atom is -0.480 e. The highest BCUT2D eigenvalue weighted by Gasteiger charge is 2.30. The van der Waals surface area contributed by atoms with Crippen LogP contribution >= 0.6 is 0 Å². The maximum Gasteiger partial charge on any atom is 0.416 e. The number of carboxylic acids is 1. The number of alkyl halides is 3. The second-order valence-electron chi connectivity index (χ2n) is 6.56. The molecular formula is C19H24F3N3O6. The molecule has 0 unspecified atom stereocenters. The summed E-state index contributed by atoms with van der Waals surface area (Å²) >= 11 is 0. The minimum absolute atomic E-state index is 0.0757. The van der Waals surface area contributed by atoms with E-state index in [4.69, 9.17) is 4.74 Å². The first kappa shape index (κ1) is 25.7. The molecule has 0 fully saturated rings. The van der Waals surface area contributed by atoms with E-state index in [2.05, 4.69) is 16.0 Å². The summed E-state index contributed by atoms with van der Waals surface area (Å²) in [4.78, 5) is 45.2. The molecule has 0 aromatic heterocycles. The molecule has 4 N–H and O–H groups in total. The van der Waals surface area contributed by atoms with Gasteiger partial charge in [0.05, 0.1) is 12.1 Å². The highest BCUT2D eigenvalue weighted by Crippen LogP contribution is 2.29. The summed E-state index contributed by atoms with van der Waals surface area (Å²) in [6.45, 7) is 1.07. The van der Waals surface area contributed by atoms with E-state index in [9.17, 15) is 37.5 Å². The summed E-state index contributed by atoms with van der Waals surface area (Å²) in [6.07, 6.45) is -4.60. The number of benzene rings is 1. The number of halogens is 3. The zero-order chi connectivity index (χ0) is 23.4. The van der Waals surface area contributed by atoms with Crippen LogP contribution in [0.2, 0.25) is 0 Å². The highest BCUT2D eigenvalue weighted by molar-refractivity contribution is 5.83. The quantitative estimate of drug-likeness (QED) is 0.382. The van der Waals surface area contributed by atoms with E-state index in [1.54, 1.807) is 0 Å². The topological polar surface area (TPSA) is 134 Å². The molecule has 172 valence electrons. The van der Waals surface area contributed by atoms with Crippen LogP contribution < -0.4 is 16.0 Å². The van der Waals surface area contributed by atoms with Gasteiger partial charge in [0.2, 0.25) is 11.8 Å². The lowest BCUT2D eigenvalue weighted by atomic mass is 10.1. The van der Waals surface area contributed by atoms with Crippen molar-refractivity contribution in [3.8, 4) is 0 Å². The summed E-state index contributed by atoms with van der Waals surface area (Å²) in [5.41, 5.74) is -0.525. The lowest BCUT2D eigenvalue weighted by Crippen LogP contribution is -2.41. The molecule has 0 spiro atoms. The Morgan fingerprint density at radius 3 is 2.26 bits per heavy atom. The average molecular weight is 447 g/mol. The van der Waals surface area contributed by atoms with Gasteiger partial charge in [-0.3, -0.25) is 9.59 Å². The zero-order valence-corrected chi connectivity index (χ0v) is 16.8. The molecule has 0 saturated heterocycles. The number of carbonyl (C=O) groups excluding carboxylic acids is 3. The Kier molecular flexibility index (Phi) is 10.3. The third-order valence-corrected chi connectivity index (χ3v) is 3.98. The summed E-state index contributed by atoms with van der Waals surface area (Å²) in [5.74, 6) is -1.99. The van der Waals surface area contributed by atoms with E-state index < -0.39 is 29.8 Å². The number of carbonyl (C=O) groups is 4. The Hall–Kier alpha value is -3.31. The van der Waals surface area contributed by atoms with Gasteiger partial charge in [-0.25, -0.2) is 9.59 Å². The van der Waals surface area contributed by atoms with Crippen LogP contribution in [-0.2, 0) is 31.9 Å². The molecule has 0 aliphatic rings. The third-order valence-electron chi connectivity index (χ3n) is 3.98. The number of ether oxygens (including phenoxy) is 1. The second kappa shape index (κ2) is 12.4. The number of amides is 3. The molecule has 1 aromatic rings. The fourth-order valence-electron chi connectivity index (χ4n) is 2.35. The van der Waals surface area contributed by atoms with Crippen LogP contribution in [0.3, 0.4) is 0 Å². The van der Waals surface area contributed by atoms with Crippen LogP contribution in [0.5, 0.6) is 0 Å². The summed E-state index contributed by atoms with van der Waals surface area (Å²) in [5, 5.41) is 16.3. The van der Waals surface area contributed by atoms with E-state index in [1.807, 2.05) is 0 Å². The molecule has 12 heteroatoms. The van der Waals surface area contributed by atoms with Crippen molar-refractivity contribution in [3.05, 3.63) is 35.4 Å². The molecule has 3 amide bonds. The van der Waals surface area contributed by atoms with E-state index >= 15 is 0 Å². The van der Waals surface area contributed by atoms with E-state index in [-0.39, 0.29) is 37.9 Å². The molecule has 31 heavy (non-hydrogen) atoms. The van der Waals surface area contributed by atoms with Gasteiger partial charge in [-0.2, -0.15) is 13.2 Å². The number of unbranched alkanes of at least 4 members (excludes halogenated alkanes) is 1. The monoisotopic (exact) mass is 447 g/mol. The Balaban J connectivity index is 2.33. The average Bonchev–Trinajstić information content (AvgIpc) is 2.69. The molecule has 1 aromatic carbocycles. The van der Waals surface area contributed by atoms with Gasteiger partial charge in [0.1, 0.15) is 12.6 Å². The third kappa shape index (κ3) is 10.9. The van der Waals surface area contributed by atoms with Crippen molar-refractivity contribution in [2.24, 2.45) is 0 Å². The number of carboxylic acid groups (broad SMARTS) is 1. The molecule has 0 aliphatic carbocycles. The number of hydrogen-bond acceptors (Lipinski definition) is 5. The normalized spacial score (nSPS) is 11.9. The van der Waals surface area contributed by atoms with Crippen molar-refractivity contribution in [3.63, 3.8) is 0 Å². The fraction of sp³-hybridized carbons (Fsp3) is 0.474. The number of nitrogens with one attached hydrogen (secondary N) is 3. The van der Waals surface area contributed by atoms with Crippen LogP contribution in [0, 0.1) is 0 Å². The molecule has 0 heterocycles. The van der Waals surface area contributed by atoms with Crippen molar-refractivity contribution < 1.29 is 42.2 Å². The maximum atomic E-state index is 12.5. The molecule has 0 radical (unpaired) electrons. The molecular weight excluding hydrogens is 423 g/mol. The summed E-state index contributed by atoms with van der Waals surface area (Å²) in [6, 6.07) is 2.79. The SMILES string of the molecule is CC(=O)NCC(=O)NCCCC[C@H](NC(=O)OCc1ccc(C(F)(F)F)cc1)C(=O)O. The minimum atomic E-state index is -4.47. The molecule has 0 saturated carbocycles. The van der Waals surface area contributed by atoms with Gasteiger partial charge in [-0.1, -0.05) is 12.1 Å². The predicted octanol–water partition coefficient (Wildman–Crippen LogP) is 1.81. The first-order valence-corrected chi connectivity index (χ1v) is 9.32. The predicted molar refractivity (Wildman–Crippen MR) is 102 cm³/mol. The van der Waals surface area contributed by atoms with Crippen LogP contribution in [0.4, 0.5) is 18.0 Å². The van der Waals surface area contributed by atoms with Gasteiger partial charge in [0, 0.05) is 13.5 Å². The smallest absolute Gasteiger partial charge is 0.416 e. The Bertz CT molecular complexity index is 768. The maximum absolute atomic E-state index is 12.5. The van der Waals surface area contributed by atoms with Crippen LogP contribution in [-0.4, -0.2) is 48.1 Å². The van der Waals surface area contributed by atoms with Gasteiger partial charge in [0.15, 0.2) is 0 Å². The van der Waals surface area contributed by atoms with Crippen LogP contribution in [0.25, 0.3) is 0 Å². The van der Waals surface area contributed by atoms with Gasteiger partial charge in [0.25, 0.3) is 0 Å². The van der Waals surface area contributed by atoms with E-state index in [0.717, 1.165) is 24.3 Å². The van der Waals surface area contributed by atoms with Gasteiger partial charge >= 0.3 is 18.2 Å². The number of alkyl carbamates (subject to hydrolysis) is 1. The lowest BCUT2D eigenvalue weighted by Gasteiger charge is -2.15. The number of hydrogen-bond donors (Lipinski definition) is 4. The lowest BCUT2D eigenvalue weighted by molar-refractivity contribution is -0.139. The second-order valence-corrected chi connectivity index (χ2v) is 6.56. The van der Waals surface area contributed by atoms with Gasteiger partial charge < -0.3 is 25.8 Å². The fourth-order valence-corrected chi connectivity index (χ4v) is 2.35. The first-order chi connectivity index (χ1) is 14.5. The van der Waals surface area contributed by atoms with Crippen molar-refractivity contribution in [2.75, 3.05) is 13.1 Å². The van der Waals surface area contributed by atoms with Crippen molar-refractivity contribution >= 4 is 23.9 Å². The Morgan fingerprint density at radius 1 is 1.06 bits per heavy atom. The zero-order valence-electron chi connectivity index (χ0n) is 16.8. The molecule has 0 aliphatic heterocycles. The van der Waals surface area contributed by atoms with Gasteiger partial charge in [-0.15, -0.1) is 0 Å². The van der Waals surface area contributed by atoms with E-state index in [1.165, 1.54) is 6.92 Å². The van der Waals surface area contributed by atoms with Crippen molar-refractivity contribution in [1.29, 1.82) is 0 Å². The molecule has 0 bridgehead atoms. The van der Waals surface area contributed by atoms with Crippen molar-refractivity contribution in [1.82, 2.24) is 16.0 Å². The molecule has 9 nitrogen and oxygen atoms in total. The molecule has 1 rings (SSSR count). The van der Waals surface area contributed by atoms with Crippen LogP contribution in [0.15, 0.2) is 24.3 Å². The largest absolute Gasteiger partial charge is 0.480 e. The van der Waals surface area contributed by atoms with Crippen LogP contribution in [0.1, 0.15) is 37.3 Å². The van der Waals surface area contributed by atoms with Crippen molar-refractivity contribution in [2.45, 2.75) is 45.0 Å². The van der Waals surface area contributed by atoms with Gasteiger partial charge in [-0.05, 0) is 37.0 Å². The van der Waals surface area contributed by atoms with E-state index in [0.29, 0.717) is 18.4 Å². The molecule has 1 atom stereocenters. The summed E-state index contributed by atoms with van der Waals surface area (Å²) < 4.78 is 42.4. The standard InChI is InChI=1S/C19H24F3N3O6/c1-12(26)24-10-16(27)23-9-3-2-4-15(17(28)29)25-18(30)31-11-13-5-7-14(8-6-13)19(20,21)22/h5-8,15H,2-4,9-11H2,1H3,(H,23,27)(H,24,26)(H,25,30)(H,28,29)/t15-/m0/s1. The Labute approximate surface area is 176 Å². The number of aliphatic carboxylic acids is 1. The highest BCUT2D eigenvalue weighted by atomic mass is 19.4. The number of rotatable bonds is 11.